The van der Waals surface area contributed by atoms with Gasteiger partial charge in [0.15, 0.2) is 0 Å². The number of amides is 1. The molecule has 152 valence electrons. The summed E-state index contributed by atoms with van der Waals surface area (Å²) in [5.74, 6) is 0.740. The molecule has 1 aliphatic carbocycles. The van der Waals surface area contributed by atoms with Gasteiger partial charge in [0, 0.05) is 24.5 Å². The first kappa shape index (κ1) is 18.8. The maximum absolute atomic E-state index is 12.1. The number of hydrogen-bond acceptors (Lipinski definition) is 5. The Morgan fingerprint density at radius 2 is 1.93 bits per heavy atom. The summed E-state index contributed by atoms with van der Waals surface area (Å²) in [6.07, 6.45) is 1.49. The number of benzene rings is 2. The molecule has 3 N–H and O–H groups in total. The van der Waals surface area contributed by atoms with E-state index in [1.807, 2.05) is 53.1 Å². The molecule has 0 atom stereocenters. The van der Waals surface area contributed by atoms with Gasteiger partial charge < -0.3 is 20.0 Å². The van der Waals surface area contributed by atoms with E-state index in [-0.39, 0.29) is 5.91 Å². The summed E-state index contributed by atoms with van der Waals surface area (Å²) in [7, 11) is 0. The summed E-state index contributed by atoms with van der Waals surface area (Å²) in [6.45, 7) is 2.18. The molecule has 0 aliphatic heterocycles. The van der Waals surface area contributed by atoms with Crippen molar-refractivity contribution in [1.29, 1.82) is 0 Å². The van der Waals surface area contributed by atoms with E-state index >= 15 is 0 Å². The van der Waals surface area contributed by atoms with E-state index in [0.29, 0.717) is 29.0 Å². The summed E-state index contributed by atoms with van der Waals surface area (Å²) < 4.78 is 7.69. The molecule has 4 aromatic rings. The molecule has 0 radical (unpaired) electrons. The van der Waals surface area contributed by atoms with Gasteiger partial charge in [-0.25, -0.2) is 0 Å². The van der Waals surface area contributed by atoms with Crippen molar-refractivity contribution in [2.24, 2.45) is 5.73 Å². The van der Waals surface area contributed by atoms with Crippen LogP contribution in [0.1, 0.15) is 24.3 Å². The zero-order chi connectivity index (χ0) is 20.9. The third kappa shape index (κ3) is 3.16. The Morgan fingerprint density at radius 1 is 1.20 bits per heavy atom. The summed E-state index contributed by atoms with van der Waals surface area (Å²) in [5, 5.41) is 12.5. The molecule has 0 spiro atoms. The first-order valence-electron chi connectivity index (χ1n) is 9.72. The highest BCUT2D eigenvalue weighted by molar-refractivity contribution is 6.38. The number of rotatable bonds is 5. The summed E-state index contributed by atoms with van der Waals surface area (Å²) >= 11 is 6.71. The van der Waals surface area contributed by atoms with Crippen LogP contribution >= 0.6 is 11.6 Å². The van der Waals surface area contributed by atoms with Gasteiger partial charge >= 0.3 is 0 Å². The van der Waals surface area contributed by atoms with Crippen molar-refractivity contribution >= 4 is 28.4 Å². The molecule has 1 aliphatic rings. The molecule has 0 bridgehead atoms. The van der Waals surface area contributed by atoms with E-state index in [0.717, 1.165) is 35.0 Å². The van der Waals surface area contributed by atoms with Crippen molar-refractivity contribution in [3.8, 4) is 17.3 Å². The van der Waals surface area contributed by atoms with E-state index in [2.05, 4.69) is 15.5 Å². The van der Waals surface area contributed by atoms with Gasteiger partial charge in [-0.2, -0.15) is 0 Å². The molecule has 2 aromatic carbocycles. The average Bonchev–Trinajstić information content (AvgIpc) is 3.26. The van der Waals surface area contributed by atoms with Gasteiger partial charge in [0.2, 0.25) is 11.8 Å². The summed E-state index contributed by atoms with van der Waals surface area (Å²) in [4.78, 5) is 12.1. The lowest BCUT2D eigenvalue weighted by Gasteiger charge is -2.12. The van der Waals surface area contributed by atoms with E-state index in [4.69, 9.17) is 21.8 Å². The van der Waals surface area contributed by atoms with Crippen molar-refractivity contribution < 1.29 is 9.21 Å². The number of hydrogen-bond donors (Lipinski definition) is 2. The van der Waals surface area contributed by atoms with Crippen LogP contribution in [0.3, 0.4) is 0 Å². The van der Waals surface area contributed by atoms with Gasteiger partial charge in [-0.3, -0.25) is 4.79 Å². The number of fused-ring (bicyclic) bond motifs is 1. The highest BCUT2D eigenvalue weighted by Gasteiger charge is 2.45. The van der Waals surface area contributed by atoms with Crippen LogP contribution in [0.15, 0.2) is 52.9 Å². The van der Waals surface area contributed by atoms with Gasteiger partial charge in [-0.1, -0.05) is 41.9 Å². The Hall–Kier alpha value is -3.16. The van der Waals surface area contributed by atoms with Crippen LogP contribution in [0, 0.1) is 6.92 Å². The topological polar surface area (TPSA) is 99.0 Å². The third-order valence-corrected chi connectivity index (χ3v) is 5.81. The predicted octanol–water partition coefficient (Wildman–Crippen LogP) is 3.75. The first-order valence-corrected chi connectivity index (χ1v) is 10.1. The molecule has 2 aromatic heterocycles. The lowest BCUT2D eigenvalue weighted by molar-refractivity contribution is -0.123. The number of aromatic nitrogens is 3. The predicted molar refractivity (Wildman–Crippen MR) is 114 cm³/mol. The summed E-state index contributed by atoms with van der Waals surface area (Å²) in [5.41, 5.74) is 8.74. The SMILES string of the molecule is Cc1nnc(-c2c(Cl)c3ccccc3n2-c2ccc(CNC(=O)C3(N)CC3)cc2)o1. The first-order chi connectivity index (χ1) is 14.5. The number of carbonyl (C=O) groups is 1. The fourth-order valence-electron chi connectivity index (χ4n) is 3.53. The Kier molecular flexibility index (Phi) is 4.38. The van der Waals surface area contributed by atoms with E-state index in [1.54, 1.807) is 6.92 Å². The van der Waals surface area contributed by atoms with Crippen LogP contribution in [0.5, 0.6) is 0 Å². The number of halogens is 1. The van der Waals surface area contributed by atoms with Gasteiger partial charge in [-0.15, -0.1) is 10.2 Å². The smallest absolute Gasteiger partial charge is 0.266 e. The molecule has 5 rings (SSSR count). The molecule has 2 heterocycles. The lowest BCUT2D eigenvalue weighted by atomic mass is 10.2. The maximum Gasteiger partial charge on any atom is 0.266 e. The second kappa shape index (κ2) is 6.97. The van der Waals surface area contributed by atoms with Crippen molar-refractivity contribution in [3.05, 3.63) is 65.0 Å². The van der Waals surface area contributed by atoms with Crippen molar-refractivity contribution in [3.63, 3.8) is 0 Å². The van der Waals surface area contributed by atoms with Gasteiger partial charge in [-0.05, 0) is 36.6 Å². The quantitative estimate of drug-likeness (QED) is 0.511. The number of para-hydroxylation sites is 1. The van der Waals surface area contributed by atoms with Crippen LogP contribution < -0.4 is 11.1 Å². The minimum Gasteiger partial charge on any atom is -0.420 e. The molecule has 8 heteroatoms. The maximum atomic E-state index is 12.1. The fraction of sp³-hybridized carbons (Fsp3) is 0.227. The molecule has 7 nitrogen and oxygen atoms in total. The van der Waals surface area contributed by atoms with Crippen molar-refractivity contribution in [2.75, 3.05) is 0 Å². The number of nitrogens with one attached hydrogen (secondary N) is 1. The lowest BCUT2D eigenvalue weighted by Crippen LogP contribution is -2.42. The number of nitrogens with zero attached hydrogens (tertiary/aromatic N) is 3. The largest absolute Gasteiger partial charge is 0.420 e. The third-order valence-electron chi connectivity index (χ3n) is 5.43. The fourth-order valence-corrected chi connectivity index (χ4v) is 3.86. The Morgan fingerprint density at radius 3 is 2.60 bits per heavy atom. The van der Waals surface area contributed by atoms with Crippen LogP contribution in [0.4, 0.5) is 0 Å². The second-order valence-electron chi connectivity index (χ2n) is 7.65. The molecule has 1 fully saturated rings. The number of aryl methyl sites for hydroxylation is 1. The standard InChI is InChI=1S/C22H20ClN5O2/c1-13-26-27-20(30-13)19-18(23)16-4-2-3-5-17(16)28(19)15-8-6-14(7-9-15)12-25-21(29)22(24)10-11-22/h2-9H,10-12,24H2,1H3,(H,25,29). The average molecular weight is 422 g/mol. The van der Waals surface area contributed by atoms with Crippen LogP contribution in [-0.4, -0.2) is 26.2 Å². The molecular formula is C22H20ClN5O2. The van der Waals surface area contributed by atoms with Crippen LogP contribution in [-0.2, 0) is 11.3 Å². The minimum atomic E-state index is -0.669. The van der Waals surface area contributed by atoms with E-state index in [1.165, 1.54) is 0 Å². The number of nitrogens with two attached hydrogens (primary N) is 1. The van der Waals surface area contributed by atoms with Gasteiger partial charge in [0.05, 0.1) is 16.1 Å². The van der Waals surface area contributed by atoms with Crippen molar-refractivity contribution in [2.45, 2.75) is 31.8 Å². The van der Waals surface area contributed by atoms with E-state index in [9.17, 15) is 4.79 Å². The van der Waals surface area contributed by atoms with Gasteiger partial charge in [0.1, 0.15) is 5.69 Å². The monoisotopic (exact) mass is 421 g/mol. The van der Waals surface area contributed by atoms with Crippen LogP contribution in [0.2, 0.25) is 5.02 Å². The number of carbonyl (C=O) groups excluding carboxylic acids is 1. The molecule has 30 heavy (non-hydrogen) atoms. The highest BCUT2D eigenvalue weighted by Crippen LogP contribution is 2.39. The Labute approximate surface area is 177 Å². The zero-order valence-electron chi connectivity index (χ0n) is 16.4. The Balaban J connectivity index is 1.52. The summed E-state index contributed by atoms with van der Waals surface area (Å²) in [6, 6.07) is 15.8. The van der Waals surface area contributed by atoms with Crippen LogP contribution in [0.25, 0.3) is 28.2 Å². The normalized spacial score (nSPS) is 14.8. The van der Waals surface area contributed by atoms with Crippen molar-refractivity contribution in [1.82, 2.24) is 20.1 Å². The highest BCUT2D eigenvalue weighted by atomic mass is 35.5. The van der Waals surface area contributed by atoms with Gasteiger partial charge in [0.25, 0.3) is 5.89 Å². The van der Waals surface area contributed by atoms with E-state index < -0.39 is 5.54 Å². The molecule has 0 unspecified atom stereocenters. The second-order valence-corrected chi connectivity index (χ2v) is 8.02. The zero-order valence-corrected chi connectivity index (χ0v) is 17.1. The molecule has 0 saturated heterocycles. The molecule has 1 saturated carbocycles. The Bertz CT molecular complexity index is 1250. The molecule has 1 amide bonds. The molecular weight excluding hydrogens is 402 g/mol. The minimum absolute atomic E-state index is 0.0937.